The molecule has 14 rings (SSSR count). The van der Waals surface area contributed by atoms with Crippen molar-refractivity contribution in [2.45, 2.75) is 150 Å². The number of nitrogen functional groups attached to an aromatic ring is 4. The number of nitrogens with zero attached hydrogens (tertiary/aromatic N) is 16. The van der Waals surface area contributed by atoms with E-state index in [0.29, 0.717) is 33.5 Å². The third-order valence-electron chi connectivity index (χ3n) is 16.6. The Kier molecular flexibility index (Phi) is 21.4. The van der Waals surface area contributed by atoms with Crippen molar-refractivity contribution in [1.29, 1.82) is 0 Å². The van der Waals surface area contributed by atoms with E-state index in [1.165, 1.54) is 64.3 Å². The second-order valence-corrected chi connectivity index (χ2v) is 40.7. The van der Waals surface area contributed by atoms with Gasteiger partial charge in [0.2, 0.25) is 0 Å². The van der Waals surface area contributed by atoms with Crippen molar-refractivity contribution in [1.82, 2.24) is 78.1 Å². The van der Waals surface area contributed by atoms with Crippen LogP contribution >= 0.6 is 62.4 Å². The van der Waals surface area contributed by atoms with Gasteiger partial charge in [-0.15, -0.1) is 23.2 Å². The number of ether oxygens (including phenoxy) is 4. The van der Waals surface area contributed by atoms with Crippen LogP contribution in [0.2, 0.25) is 18.1 Å². The number of aliphatic hydroxyl groups is 1. The molecular formula is C48H68Cl2N20O18P4S4Si. The first-order valence-electron chi connectivity index (χ1n) is 28.4. The van der Waals surface area contributed by atoms with Crippen LogP contribution in [0.3, 0.4) is 0 Å². The van der Waals surface area contributed by atoms with Crippen LogP contribution in [0.25, 0.3) is 44.7 Å². The molecular weight excluding hydrogens is 1500 g/mol. The summed E-state index contributed by atoms with van der Waals surface area (Å²) in [5, 5.41) is 8.90. The van der Waals surface area contributed by atoms with Crippen molar-refractivity contribution >= 4 is 174 Å². The molecule has 0 radical (unpaired) electrons. The summed E-state index contributed by atoms with van der Waals surface area (Å²) < 4.78 is 99.1. The van der Waals surface area contributed by atoms with E-state index in [-0.39, 0.29) is 60.9 Å². The molecule has 530 valence electrons. The van der Waals surface area contributed by atoms with Crippen LogP contribution in [0.15, 0.2) is 50.6 Å². The van der Waals surface area contributed by atoms with Crippen molar-refractivity contribution in [3.8, 4) is 0 Å². The number of alkyl halides is 2. The first-order valence-corrected chi connectivity index (χ1v) is 42.6. The van der Waals surface area contributed by atoms with Crippen LogP contribution in [0, 0.1) is 0 Å². The number of imidazole rings is 4. The molecule has 0 saturated carbocycles. The number of hydrogen-bond acceptors (Lipinski definition) is 34. The second-order valence-electron chi connectivity index (χ2n) is 23.7. The van der Waals surface area contributed by atoms with Gasteiger partial charge in [0.15, 0.2) is 79.1 Å². The third kappa shape index (κ3) is 14.6. The number of anilines is 4. The molecule has 6 aliphatic rings. The van der Waals surface area contributed by atoms with E-state index < -0.39 is 152 Å². The highest BCUT2D eigenvalue weighted by Gasteiger charge is 2.57. The van der Waals surface area contributed by atoms with Gasteiger partial charge in [-0.25, -0.2) is 64.4 Å². The standard InChI is InChI=1S/C26H37ClN10O9P2S2Si.C20H23ClN10O9P2S2.2CH4/c1-26(2,3)51(4,5)46-18-13-7-41-47(38,49)44-17-12(42-24(14(17)27)36-10-34-15-20(28)30-8-32-22(15)36)6-40-48(39,50)45-19(18)25(43-13)37-11-35-16-21(29)31-9-33-23(16)37;21-9-13-8(38-19(9)30-5-28-10-15(22)24-3-26-17(10)30)2-36-42(34,44)40-14-12(32)7(1-35-41(33,43)39-13)37-20(14)31-6-29-11-16(23)25-4-27-18(11)31;;/h8-14,17-19,24-25H,6-7H2,1-5H3,(H,38,49)(H,39,50)(H2,28,30,32)(H2,29,31,33);3-9,12-14,19-20,32H,1-2H2,(H,33,43)(H,34,44)(H2,22,24,26)(H2,23,25,27);2*1H4/t12-,13-,14-,17-,18-,19-,24-,25-,47?,48?;7-,8-,9-,12-,13-,14-,19-,20-,41?,42?;;/m11../s1. The Bertz CT molecular complexity index is 4440. The van der Waals surface area contributed by atoms with E-state index in [1.54, 1.807) is 4.57 Å². The summed E-state index contributed by atoms with van der Waals surface area (Å²) in [6.45, 7) is -7.87. The van der Waals surface area contributed by atoms with Crippen molar-refractivity contribution in [3.05, 3.63) is 50.6 Å². The zero-order valence-electron chi connectivity index (χ0n) is 49.9. The first kappa shape index (κ1) is 74.2. The number of fused-ring (bicyclic) bond motifs is 10. The molecule has 97 heavy (non-hydrogen) atoms. The molecule has 6 aliphatic heterocycles. The molecule has 4 unspecified atom stereocenters. The Labute approximate surface area is 582 Å². The molecule has 6 fully saturated rings. The quantitative estimate of drug-likeness (QED) is 0.0466. The molecule has 0 amide bonds. The zero-order valence-corrected chi connectivity index (χ0v) is 59.3. The largest absolute Gasteiger partial charge is 0.408 e. The summed E-state index contributed by atoms with van der Waals surface area (Å²) in [5.41, 5.74) is 26.4. The Morgan fingerprint density at radius 3 is 1.23 bits per heavy atom. The van der Waals surface area contributed by atoms with E-state index in [0.717, 1.165) is 0 Å². The zero-order chi connectivity index (χ0) is 67.6. The highest BCUT2D eigenvalue weighted by molar-refractivity contribution is 8.44. The van der Waals surface area contributed by atoms with Gasteiger partial charge in [0.1, 0.15) is 119 Å². The lowest BCUT2D eigenvalue weighted by atomic mass is 10.1. The van der Waals surface area contributed by atoms with Gasteiger partial charge in [0.25, 0.3) is 0 Å². The summed E-state index contributed by atoms with van der Waals surface area (Å²) in [6.07, 6.45) is -4.76. The molecule has 20 atom stereocenters. The van der Waals surface area contributed by atoms with Crippen molar-refractivity contribution in [2.24, 2.45) is 0 Å². The monoisotopic (exact) mass is 1560 g/mol. The molecule has 8 aromatic rings. The van der Waals surface area contributed by atoms with E-state index in [9.17, 15) is 24.4 Å². The SMILES string of the molecule is C.C.CC(C)(C)[Si](C)(C)O[C@H]1[C@H]2OP(=O)(S)OC[C@H]3O[C@@H](n4cnc5c(N)ncnc54)[C@H](Cl)[C@@H]3OP(O)(=S)OC[C@H]1O[C@H]2n1cnc2c(N)ncnc21.Nc1ncnc2c1ncn2[C@@H]1O[C@@H]2COP(O)(=S)O[C@@H]3[C@H](O)[C@@H](COP(O)(=S)O[C@H]2[C@H]1Cl)O[C@H]3n1cnc2c(N)ncnc21. The van der Waals surface area contributed by atoms with Gasteiger partial charge in [-0.05, 0) is 53.6 Å². The summed E-state index contributed by atoms with van der Waals surface area (Å²) >= 11 is 34.2. The van der Waals surface area contributed by atoms with E-state index >= 15 is 0 Å². The van der Waals surface area contributed by atoms with E-state index in [1.807, 2.05) is 13.1 Å². The number of aromatic nitrogens is 16. The lowest BCUT2D eigenvalue weighted by Crippen LogP contribution is -2.50. The molecule has 8 aromatic heterocycles. The molecule has 6 saturated heterocycles. The molecule has 12 N–H and O–H groups in total. The average molecular weight is 1560 g/mol. The molecule has 0 aromatic carbocycles. The fourth-order valence-electron chi connectivity index (χ4n) is 11.0. The van der Waals surface area contributed by atoms with Gasteiger partial charge in [0, 0.05) is 0 Å². The van der Waals surface area contributed by atoms with Crippen LogP contribution in [-0.4, -0.2) is 204 Å². The Morgan fingerprint density at radius 1 is 0.515 bits per heavy atom. The maximum absolute atomic E-state index is 14.2. The van der Waals surface area contributed by atoms with Crippen LogP contribution in [0.1, 0.15) is 60.5 Å². The van der Waals surface area contributed by atoms with Crippen molar-refractivity contribution < 1.29 is 83.9 Å². The fraction of sp³-hybridized carbons (Fsp3) is 0.583. The Balaban J connectivity index is 0.000000195. The topological polar surface area (TPSA) is 496 Å². The third-order valence-corrected chi connectivity index (χ3v) is 28.3. The van der Waals surface area contributed by atoms with Crippen molar-refractivity contribution in [3.63, 3.8) is 0 Å². The van der Waals surface area contributed by atoms with Gasteiger partial charge >= 0.3 is 27.0 Å². The van der Waals surface area contributed by atoms with E-state index in [4.69, 9.17) is 141 Å². The highest BCUT2D eigenvalue weighted by Crippen LogP contribution is 2.60. The minimum Gasteiger partial charge on any atom is -0.408 e. The maximum atomic E-state index is 14.2. The summed E-state index contributed by atoms with van der Waals surface area (Å²) in [7, 11) is -2.59. The predicted octanol–water partition coefficient (Wildman–Crippen LogP) is 4.81. The maximum Gasteiger partial charge on any atom is 0.386 e. The minimum atomic E-state index is -4.27. The summed E-state index contributed by atoms with van der Waals surface area (Å²) in [4.78, 5) is 83.6. The van der Waals surface area contributed by atoms with Gasteiger partial charge in [-0.1, -0.05) is 47.9 Å². The molecule has 4 bridgehead atoms. The number of hydrogen-bond donors (Lipinski definition) is 9. The van der Waals surface area contributed by atoms with Crippen LogP contribution in [-0.2, 0) is 99.5 Å². The Morgan fingerprint density at radius 2 is 0.835 bits per heavy atom. The molecule has 0 aliphatic carbocycles. The Hall–Kier alpha value is -3.95. The molecule has 49 heteroatoms. The lowest BCUT2D eigenvalue weighted by molar-refractivity contribution is -0.0600. The van der Waals surface area contributed by atoms with E-state index in [2.05, 4.69) is 92.8 Å². The molecule has 0 spiro atoms. The number of aliphatic hydroxyl groups excluding tert-OH is 1. The minimum absolute atomic E-state index is 0. The smallest absolute Gasteiger partial charge is 0.386 e. The molecule has 38 nitrogen and oxygen atoms in total. The van der Waals surface area contributed by atoms with Crippen LogP contribution < -0.4 is 22.9 Å². The second kappa shape index (κ2) is 28.0. The number of thiol groups is 1. The number of nitrogens with two attached hydrogens (primary N) is 4. The predicted molar refractivity (Wildman–Crippen MR) is 365 cm³/mol. The van der Waals surface area contributed by atoms with Gasteiger partial charge in [-0.2, -0.15) is 0 Å². The van der Waals surface area contributed by atoms with Gasteiger partial charge < -0.3 is 88.7 Å². The van der Waals surface area contributed by atoms with Crippen molar-refractivity contribution in [2.75, 3.05) is 49.4 Å². The van der Waals surface area contributed by atoms with Gasteiger partial charge in [0.05, 0.1) is 51.7 Å². The van der Waals surface area contributed by atoms with Crippen LogP contribution in [0.4, 0.5) is 23.3 Å². The number of rotatable bonds is 6. The molecule has 14 heterocycles. The van der Waals surface area contributed by atoms with Gasteiger partial charge in [-0.3, -0.25) is 31.8 Å². The van der Waals surface area contributed by atoms with Crippen LogP contribution in [0.5, 0.6) is 0 Å². The average Bonchev–Trinajstić information content (AvgIpc) is 1.63. The summed E-state index contributed by atoms with van der Waals surface area (Å²) in [6, 6.07) is 0. The lowest BCUT2D eigenvalue weighted by Gasteiger charge is -2.40. The highest BCUT2D eigenvalue weighted by atomic mass is 35.5. The number of halogens is 2. The summed E-state index contributed by atoms with van der Waals surface area (Å²) in [5.74, 6) is 0.563. The normalized spacial score (nSPS) is 36.0. The first-order chi connectivity index (χ1) is 44.8. The fourth-order valence-corrected chi connectivity index (χ4v) is 19.0.